The SMILES string of the molecule is O=C(Nc1cc(=O)cc[nH]1)c1ccccc1O. The molecule has 0 unspecified atom stereocenters. The molecule has 0 saturated carbocycles. The van der Waals surface area contributed by atoms with E-state index in [1.807, 2.05) is 0 Å². The summed E-state index contributed by atoms with van der Waals surface area (Å²) >= 11 is 0. The summed E-state index contributed by atoms with van der Waals surface area (Å²) in [5.41, 5.74) is -0.0615. The van der Waals surface area contributed by atoms with E-state index in [2.05, 4.69) is 10.3 Å². The van der Waals surface area contributed by atoms with Gasteiger partial charge in [-0.15, -0.1) is 0 Å². The average molecular weight is 230 g/mol. The molecule has 2 aromatic rings. The predicted octanol–water partition coefficient (Wildman–Crippen LogP) is 1.33. The van der Waals surface area contributed by atoms with E-state index in [0.29, 0.717) is 0 Å². The number of aromatic hydroxyl groups is 1. The molecule has 1 amide bonds. The molecule has 1 aromatic heterocycles. The van der Waals surface area contributed by atoms with Crippen LogP contribution in [0.5, 0.6) is 5.75 Å². The summed E-state index contributed by atoms with van der Waals surface area (Å²) in [5.74, 6) is -0.306. The molecule has 1 aromatic carbocycles. The lowest BCUT2D eigenvalue weighted by atomic mass is 10.2. The second-order valence-corrected chi connectivity index (χ2v) is 3.41. The molecule has 2 rings (SSSR count). The molecule has 1 heterocycles. The van der Waals surface area contributed by atoms with Crippen LogP contribution in [0.4, 0.5) is 5.82 Å². The zero-order valence-electron chi connectivity index (χ0n) is 8.81. The predicted molar refractivity (Wildman–Crippen MR) is 63.1 cm³/mol. The molecule has 5 nitrogen and oxygen atoms in total. The van der Waals surface area contributed by atoms with Gasteiger partial charge in [-0.2, -0.15) is 0 Å². The first kappa shape index (κ1) is 10.9. The van der Waals surface area contributed by atoms with E-state index >= 15 is 0 Å². The van der Waals surface area contributed by atoms with Crippen LogP contribution in [0.2, 0.25) is 0 Å². The van der Waals surface area contributed by atoms with Gasteiger partial charge in [0.25, 0.3) is 5.91 Å². The molecule has 0 spiro atoms. The van der Waals surface area contributed by atoms with Gasteiger partial charge in [0.1, 0.15) is 11.6 Å². The lowest BCUT2D eigenvalue weighted by Crippen LogP contribution is -2.14. The number of anilines is 1. The van der Waals surface area contributed by atoms with Crippen LogP contribution in [-0.2, 0) is 0 Å². The highest BCUT2D eigenvalue weighted by Gasteiger charge is 2.10. The first-order valence-electron chi connectivity index (χ1n) is 4.95. The van der Waals surface area contributed by atoms with Gasteiger partial charge < -0.3 is 15.4 Å². The number of benzene rings is 1. The quantitative estimate of drug-likeness (QED) is 0.727. The third-order valence-electron chi connectivity index (χ3n) is 2.17. The maximum absolute atomic E-state index is 11.8. The van der Waals surface area contributed by atoms with Crippen LogP contribution in [0.3, 0.4) is 0 Å². The molecule has 0 fully saturated rings. The van der Waals surface area contributed by atoms with Crippen molar-refractivity contribution in [3.05, 3.63) is 58.4 Å². The Balaban J connectivity index is 2.23. The minimum absolute atomic E-state index is 0.108. The maximum atomic E-state index is 11.8. The Bertz CT molecular complexity index is 604. The fourth-order valence-electron chi connectivity index (χ4n) is 1.37. The highest BCUT2D eigenvalue weighted by molar-refractivity contribution is 6.05. The fourth-order valence-corrected chi connectivity index (χ4v) is 1.37. The normalized spacial score (nSPS) is 9.88. The van der Waals surface area contributed by atoms with E-state index in [1.54, 1.807) is 12.1 Å². The number of amides is 1. The maximum Gasteiger partial charge on any atom is 0.260 e. The molecular formula is C12H10N2O3. The molecule has 0 radical (unpaired) electrons. The summed E-state index contributed by atoms with van der Waals surface area (Å²) in [6.07, 6.45) is 1.43. The molecule has 0 aliphatic heterocycles. The van der Waals surface area contributed by atoms with E-state index in [9.17, 15) is 14.7 Å². The number of carbonyl (C=O) groups excluding carboxylic acids is 1. The van der Waals surface area contributed by atoms with Gasteiger partial charge in [-0.05, 0) is 12.1 Å². The zero-order chi connectivity index (χ0) is 12.3. The van der Waals surface area contributed by atoms with E-state index in [0.717, 1.165) is 0 Å². The summed E-state index contributed by atoms with van der Waals surface area (Å²) < 4.78 is 0. The van der Waals surface area contributed by atoms with Crippen molar-refractivity contribution in [3.8, 4) is 5.75 Å². The van der Waals surface area contributed by atoms with Gasteiger partial charge in [0.2, 0.25) is 0 Å². The van der Waals surface area contributed by atoms with Crippen molar-refractivity contribution < 1.29 is 9.90 Å². The first-order chi connectivity index (χ1) is 8.16. The van der Waals surface area contributed by atoms with Gasteiger partial charge in [0.15, 0.2) is 5.43 Å². The Morgan fingerprint density at radius 1 is 1.24 bits per heavy atom. The first-order valence-corrected chi connectivity index (χ1v) is 4.95. The summed E-state index contributed by atoms with van der Waals surface area (Å²) in [6, 6.07) is 8.78. The number of H-pyrrole nitrogens is 1. The van der Waals surface area contributed by atoms with Crippen molar-refractivity contribution in [2.24, 2.45) is 0 Å². The van der Waals surface area contributed by atoms with Crippen LogP contribution in [-0.4, -0.2) is 16.0 Å². The van der Waals surface area contributed by atoms with Gasteiger partial charge in [-0.3, -0.25) is 9.59 Å². The Labute approximate surface area is 96.7 Å². The summed E-state index contributed by atoms with van der Waals surface area (Å²) in [4.78, 5) is 25.5. The largest absolute Gasteiger partial charge is 0.507 e. The van der Waals surface area contributed by atoms with E-state index in [-0.39, 0.29) is 22.6 Å². The van der Waals surface area contributed by atoms with Crippen LogP contribution < -0.4 is 10.7 Å². The smallest absolute Gasteiger partial charge is 0.260 e. The highest BCUT2D eigenvalue weighted by atomic mass is 16.3. The molecule has 86 valence electrons. The second kappa shape index (κ2) is 4.52. The number of aromatic nitrogens is 1. The minimum atomic E-state index is -0.482. The number of rotatable bonds is 2. The number of nitrogens with one attached hydrogen (secondary N) is 2. The van der Waals surface area contributed by atoms with Crippen molar-refractivity contribution in [2.45, 2.75) is 0 Å². The highest BCUT2D eigenvalue weighted by Crippen LogP contribution is 2.16. The molecule has 0 bridgehead atoms. The molecule has 17 heavy (non-hydrogen) atoms. The summed E-state index contributed by atoms with van der Waals surface area (Å²) in [5, 5.41) is 12.0. The van der Waals surface area contributed by atoms with Crippen molar-refractivity contribution in [2.75, 3.05) is 5.32 Å². The van der Waals surface area contributed by atoms with Gasteiger partial charge in [0.05, 0.1) is 5.56 Å². The monoisotopic (exact) mass is 230 g/mol. The molecular weight excluding hydrogens is 220 g/mol. The lowest BCUT2D eigenvalue weighted by molar-refractivity contribution is 0.102. The molecule has 5 heteroatoms. The number of para-hydroxylation sites is 1. The third kappa shape index (κ3) is 2.52. The van der Waals surface area contributed by atoms with Crippen molar-refractivity contribution in [1.29, 1.82) is 0 Å². The van der Waals surface area contributed by atoms with Crippen molar-refractivity contribution in [1.82, 2.24) is 4.98 Å². The molecule has 0 atom stereocenters. The molecule has 0 aliphatic carbocycles. The van der Waals surface area contributed by atoms with Crippen LogP contribution in [0, 0.1) is 0 Å². The molecule has 0 saturated heterocycles. The molecule has 3 N–H and O–H groups in total. The number of aromatic amines is 1. The van der Waals surface area contributed by atoms with Crippen molar-refractivity contribution >= 4 is 11.7 Å². The second-order valence-electron chi connectivity index (χ2n) is 3.41. The fraction of sp³-hybridized carbons (Fsp3) is 0. The summed E-state index contributed by atoms with van der Waals surface area (Å²) in [7, 11) is 0. The number of hydrogen-bond donors (Lipinski definition) is 3. The molecule has 0 aliphatic rings. The number of phenols is 1. The van der Waals surface area contributed by atoms with Crippen LogP contribution >= 0.6 is 0 Å². The number of hydrogen-bond acceptors (Lipinski definition) is 3. The summed E-state index contributed by atoms with van der Waals surface area (Å²) in [6.45, 7) is 0. The number of carbonyl (C=O) groups is 1. The standard InChI is InChI=1S/C12H10N2O3/c15-8-5-6-13-11(7-8)14-12(17)9-3-1-2-4-10(9)16/h1-7,16H,(H2,13,14,15,17). The van der Waals surface area contributed by atoms with Gasteiger partial charge in [-0.1, -0.05) is 12.1 Å². The topological polar surface area (TPSA) is 82.2 Å². The van der Waals surface area contributed by atoms with Crippen molar-refractivity contribution in [3.63, 3.8) is 0 Å². The lowest BCUT2D eigenvalue weighted by Gasteiger charge is -2.05. The van der Waals surface area contributed by atoms with E-state index in [1.165, 1.54) is 30.5 Å². The van der Waals surface area contributed by atoms with Gasteiger partial charge >= 0.3 is 0 Å². The third-order valence-corrected chi connectivity index (χ3v) is 2.17. The minimum Gasteiger partial charge on any atom is -0.507 e. The Morgan fingerprint density at radius 3 is 2.71 bits per heavy atom. The Hall–Kier alpha value is -2.56. The number of pyridine rings is 1. The number of phenolic OH excluding ortho intramolecular Hbond substituents is 1. The van der Waals surface area contributed by atoms with Gasteiger partial charge in [0, 0.05) is 18.3 Å². The van der Waals surface area contributed by atoms with Crippen LogP contribution in [0.1, 0.15) is 10.4 Å². The average Bonchev–Trinajstić information content (AvgIpc) is 2.29. The van der Waals surface area contributed by atoms with E-state index in [4.69, 9.17) is 0 Å². The zero-order valence-corrected chi connectivity index (χ0v) is 8.81. The van der Waals surface area contributed by atoms with Crippen LogP contribution in [0.15, 0.2) is 47.4 Å². The van der Waals surface area contributed by atoms with E-state index < -0.39 is 5.91 Å². The Kier molecular flexibility index (Phi) is 2.91. The Morgan fingerprint density at radius 2 is 2.00 bits per heavy atom. The van der Waals surface area contributed by atoms with Crippen LogP contribution in [0.25, 0.3) is 0 Å². The van der Waals surface area contributed by atoms with Gasteiger partial charge in [-0.25, -0.2) is 0 Å².